The Hall–Kier alpha value is -0.570. The van der Waals surface area contributed by atoms with Crippen LogP contribution in [0.2, 0.25) is 0 Å². The highest BCUT2D eigenvalue weighted by molar-refractivity contribution is 7.93. The highest BCUT2D eigenvalue weighted by Gasteiger charge is 2.49. The number of rotatable bonds is 1. The maximum absolute atomic E-state index is 12.5. The molecule has 3 atom stereocenters. The van der Waals surface area contributed by atoms with Gasteiger partial charge in [0.05, 0.1) is 11.3 Å². The van der Waals surface area contributed by atoms with Gasteiger partial charge in [0.2, 0.25) is 0 Å². The summed E-state index contributed by atoms with van der Waals surface area (Å²) in [4.78, 5) is 0. The molecule has 0 amide bonds. The van der Waals surface area contributed by atoms with Crippen LogP contribution in [-0.2, 0) is 9.84 Å². The van der Waals surface area contributed by atoms with E-state index in [2.05, 4.69) is 6.58 Å². The van der Waals surface area contributed by atoms with Gasteiger partial charge in [-0.25, -0.2) is 8.42 Å². The van der Waals surface area contributed by atoms with E-state index in [0.717, 1.165) is 6.42 Å². The summed E-state index contributed by atoms with van der Waals surface area (Å²) in [5.41, 5.74) is 0.551. The Bertz CT molecular complexity index is 470. The minimum absolute atomic E-state index is 0.0830. The number of hydrogen-bond donors (Lipinski definition) is 0. The molecule has 0 spiro atoms. The molecule has 0 heterocycles. The first kappa shape index (κ1) is 9.64. The van der Waals surface area contributed by atoms with Gasteiger partial charge < -0.3 is 0 Å². The van der Waals surface area contributed by atoms with Gasteiger partial charge in [-0.15, -0.1) is 0 Å². The maximum atomic E-state index is 12.5. The average molecular weight is 227 g/mol. The van der Waals surface area contributed by atoms with Gasteiger partial charge in [0.1, 0.15) is 0 Å². The Labute approximate surface area is 93.4 Å². The van der Waals surface area contributed by atoms with Crippen LogP contribution in [0.3, 0.4) is 0 Å². The van der Waals surface area contributed by atoms with Gasteiger partial charge >= 0.3 is 0 Å². The zero-order valence-corrected chi connectivity index (χ0v) is 10.3. The Kier molecular flexibility index (Phi) is 1.91. The normalized spacial score (nSPS) is 41.0. The second kappa shape index (κ2) is 2.97. The molecular weight excluding hydrogens is 208 g/mol. The standard InChI is InChI=1S/C12H18O2S/c1-8-9-5-6-10(7-9)11(8)15(13,14)12(2,3)4/h5-6,9-11H,1,7H2,2-4H3/t9-,10+,11+/m0/s1/i11D. The van der Waals surface area contributed by atoms with Crippen LogP contribution in [0.4, 0.5) is 0 Å². The fourth-order valence-electron chi connectivity index (χ4n) is 2.27. The van der Waals surface area contributed by atoms with Gasteiger partial charge in [-0.2, -0.15) is 0 Å². The van der Waals surface area contributed by atoms with E-state index < -0.39 is 19.8 Å². The van der Waals surface area contributed by atoms with E-state index >= 15 is 0 Å². The van der Waals surface area contributed by atoms with E-state index in [1.807, 2.05) is 12.2 Å². The van der Waals surface area contributed by atoms with Crippen LogP contribution in [0, 0.1) is 11.8 Å². The smallest absolute Gasteiger partial charge is 0.162 e. The molecule has 15 heavy (non-hydrogen) atoms. The molecule has 1 saturated carbocycles. The summed E-state index contributed by atoms with van der Waals surface area (Å²) in [6, 6.07) is 0. The molecule has 0 aromatic heterocycles. The van der Waals surface area contributed by atoms with Crippen molar-refractivity contribution in [3.05, 3.63) is 24.3 Å². The molecule has 0 radical (unpaired) electrons. The largest absolute Gasteiger partial charge is 0.228 e. The molecular formula is C12H18O2S. The minimum atomic E-state index is -3.54. The summed E-state index contributed by atoms with van der Waals surface area (Å²) < 4.78 is 32.5. The molecule has 2 aliphatic rings. The number of fused-ring (bicyclic) bond motifs is 2. The molecule has 0 aliphatic heterocycles. The predicted molar refractivity (Wildman–Crippen MR) is 62.3 cm³/mol. The van der Waals surface area contributed by atoms with E-state index in [1.54, 1.807) is 20.8 Å². The molecule has 0 saturated heterocycles. The summed E-state index contributed by atoms with van der Waals surface area (Å²) >= 11 is 0. The molecule has 2 rings (SSSR count). The van der Waals surface area contributed by atoms with E-state index in [4.69, 9.17) is 1.37 Å². The fraction of sp³-hybridized carbons (Fsp3) is 0.667. The fourth-order valence-corrected chi connectivity index (χ4v) is 4.00. The van der Waals surface area contributed by atoms with Crippen molar-refractivity contribution in [2.75, 3.05) is 0 Å². The van der Waals surface area contributed by atoms with Gasteiger partial charge in [-0.05, 0) is 39.0 Å². The van der Waals surface area contributed by atoms with Gasteiger partial charge in [0, 0.05) is 0 Å². The van der Waals surface area contributed by atoms with Crippen molar-refractivity contribution in [1.29, 1.82) is 0 Å². The second-order valence-electron chi connectivity index (χ2n) is 5.34. The summed E-state index contributed by atoms with van der Waals surface area (Å²) in [5, 5.41) is -1.51. The minimum Gasteiger partial charge on any atom is -0.228 e. The first-order valence-electron chi connectivity index (χ1n) is 5.74. The molecule has 2 nitrogen and oxygen atoms in total. The lowest BCUT2D eigenvalue weighted by Crippen LogP contribution is -2.40. The Morgan fingerprint density at radius 3 is 2.47 bits per heavy atom. The number of allylic oxidation sites excluding steroid dienone is 2. The predicted octanol–water partition coefficient (Wildman–Crippen LogP) is 2.33. The van der Waals surface area contributed by atoms with Crippen LogP contribution in [0.25, 0.3) is 0 Å². The van der Waals surface area contributed by atoms with E-state index in [0.29, 0.717) is 5.57 Å². The zero-order valence-electron chi connectivity index (χ0n) is 10.4. The molecule has 0 unspecified atom stereocenters. The monoisotopic (exact) mass is 227 g/mol. The summed E-state index contributed by atoms with van der Waals surface area (Å²) in [6.45, 7) is 8.82. The lowest BCUT2D eigenvalue weighted by molar-refractivity contribution is 0.538. The Morgan fingerprint density at radius 2 is 2.07 bits per heavy atom. The maximum Gasteiger partial charge on any atom is 0.162 e. The van der Waals surface area contributed by atoms with Crippen LogP contribution < -0.4 is 0 Å². The van der Waals surface area contributed by atoms with Crippen LogP contribution in [0.5, 0.6) is 0 Å². The number of sulfone groups is 1. The van der Waals surface area contributed by atoms with Crippen LogP contribution in [0.1, 0.15) is 28.6 Å². The van der Waals surface area contributed by atoms with Crippen LogP contribution >= 0.6 is 0 Å². The molecule has 84 valence electrons. The van der Waals surface area contributed by atoms with Crippen molar-refractivity contribution in [3.63, 3.8) is 0 Å². The summed E-state index contributed by atoms with van der Waals surface area (Å²) in [6.07, 6.45) is 4.59. The Morgan fingerprint density at radius 1 is 1.47 bits per heavy atom. The van der Waals surface area contributed by atoms with Crippen LogP contribution in [0.15, 0.2) is 24.3 Å². The molecule has 0 aromatic rings. The molecule has 1 fully saturated rings. The third kappa shape index (κ3) is 1.40. The second-order valence-corrected chi connectivity index (χ2v) is 8.01. The highest BCUT2D eigenvalue weighted by Crippen LogP contribution is 2.47. The number of hydrogen-bond acceptors (Lipinski definition) is 2. The van der Waals surface area contributed by atoms with E-state index in [1.165, 1.54) is 0 Å². The van der Waals surface area contributed by atoms with Crippen molar-refractivity contribution in [2.45, 2.75) is 37.2 Å². The van der Waals surface area contributed by atoms with Crippen LogP contribution in [-0.4, -0.2) is 18.4 Å². The van der Waals surface area contributed by atoms with Crippen molar-refractivity contribution < 1.29 is 9.79 Å². The average Bonchev–Trinajstić information content (AvgIpc) is 2.68. The lowest BCUT2D eigenvalue weighted by atomic mass is 10.0. The molecule has 2 aliphatic carbocycles. The van der Waals surface area contributed by atoms with Gasteiger partial charge in [0.25, 0.3) is 0 Å². The molecule has 2 bridgehead atoms. The van der Waals surface area contributed by atoms with Crippen molar-refractivity contribution >= 4 is 9.84 Å². The SMILES string of the molecule is [2H][C@@]1(S(=O)(=O)C(C)(C)C)C(=C)[C@H]2C=C[C@@H]1C2. The zero-order chi connectivity index (χ0) is 12.4. The van der Waals surface area contributed by atoms with E-state index in [-0.39, 0.29) is 11.8 Å². The topological polar surface area (TPSA) is 34.1 Å². The van der Waals surface area contributed by atoms with E-state index in [9.17, 15) is 8.42 Å². The van der Waals surface area contributed by atoms with Gasteiger partial charge in [-0.3, -0.25) is 0 Å². The highest BCUT2D eigenvalue weighted by atomic mass is 32.2. The van der Waals surface area contributed by atoms with Gasteiger partial charge in [0.15, 0.2) is 9.84 Å². The third-order valence-electron chi connectivity index (χ3n) is 3.28. The van der Waals surface area contributed by atoms with Gasteiger partial charge in [-0.1, -0.05) is 24.3 Å². The lowest BCUT2D eigenvalue weighted by Gasteiger charge is -2.29. The first-order valence-corrected chi connectivity index (χ1v) is 6.72. The summed E-state index contributed by atoms with van der Waals surface area (Å²) in [5.74, 6) is -0.131. The van der Waals surface area contributed by atoms with Crippen molar-refractivity contribution in [1.82, 2.24) is 0 Å². The van der Waals surface area contributed by atoms with Crippen molar-refractivity contribution in [2.24, 2.45) is 11.8 Å². The molecule has 0 aromatic carbocycles. The summed E-state index contributed by atoms with van der Waals surface area (Å²) in [7, 11) is -3.54. The molecule has 0 N–H and O–H groups in total. The first-order chi connectivity index (χ1) is 7.12. The third-order valence-corrected chi connectivity index (χ3v) is 6.04. The van der Waals surface area contributed by atoms with Crippen molar-refractivity contribution in [3.8, 4) is 0 Å². The quantitative estimate of drug-likeness (QED) is 0.644. The Balaban J connectivity index is 2.58. The molecule has 3 heteroatoms.